The number of amides is 1. The molecule has 21 heavy (non-hydrogen) atoms. The summed E-state index contributed by atoms with van der Waals surface area (Å²) in [6, 6.07) is 5.74. The van der Waals surface area contributed by atoms with Gasteiger partial charge in [-0.05, 0) is 31.0 Å². The molecule has 1 unspecified atom stereocenters. The van der Waals surface area contributed by atoms with Gasteiger partial charge in [0, 0.05) is 18.7 Å². The second-order valence-electron chi connectivity index (χ2n) is 4.65. The third-order valence-electron chi connectivity index (χ3n) is 3.13. The van der Waals surface area contributed by atoms with Gasteiger partial charge in [-0.2, -0.15) is 0 Å². The Kier molecular flexibility index (Phi) is 5.29. The van der Waals surface area contributed by atoms with Crippen LogP contribution in [-0.2, 0) is 19.6 Å². The average Bonchev–Trinajstić information content (AvgIpc) is 2.99. The number of sulfonamides is 1. The lowest BCUT2D eigenvalue weighted by atomic mass is 10.2. The number of nitrogens with one attached hydrogen (secondary N) is 2. The lowest BCUT2D eigenvalue weighted by Gasteiger charge is -2.12. The Bertz CT molecular complexity index is 596. The van der Waals surface area contributed by atoms with Gasteiger partial charge in [-0.25, -0.2) is 18.6 Å². The van der Waals surface area contributed by atoms with Gasteiger partial charge in [0.05, 0.1) is 18.1 Å². The first-order chi connectivity index (χ1) is 10.0. The highest BCUT2D eigenvalue weighted by Gasteiger charge is 2.21. The predicted molar refractivity (Wildman–Crippen MR) is 75.1 cm³/mol. The second-order valence-corrected chi connectivity index (χ2v) is 6.42. The van der Waals surface area contributed by atoms with Crippen molar-refractivity contribution in [2.75, 3.05) is 20.3 Å². The fourth-order valence-corrected chi connectivity index (χ4v) is 3.16. The molecule has 1 amide bonds. The largest absolute Gasteiger partial charge is 0.377 e. The van der Waals surface area contributed by atoms with Crippen molar-refractivity contribution in [2.45, 2.75) is 23.8 Å². The summed E-state index contributed by atoms with van der Waals surface area (Å²) in [4.78, 5) is 16.2. The molecule has 1 aromatic rings. The molecule has 116 valence electrons. The summed E-state index contributed by atoms with van der Waals surface area (Å²) in [7, 11) is -2.36. The smallest absolute Gasteiger partial charge is 0.274 e. The second kappa shape index (κ2) is 6.99. The van der Waals surface area contributed by atoms with Gasteiger partial charge in [-0.3, -0.25) is 9.63 Å². The first-order valence-electron chi connectivity index (χ1n) is 6.57. The van der Waals surface area contributed by atoms with Gasteiger partial charge in [-0.1, -0.05) is 6.07 Å². The Morgan fingerprint density at radius 1 is 1.48 bits per heavy atom. The van der Waals surface area contributed by atoms with Crippen LogP contribution < -0.4 is 10.2 Å². The molecule has 1 saturated heterocycles. The van der Waals surface area contributed by atoms with Crippen molar-refractivity contribution in [1.29, 1.82) is 0 Å². The normalized spacial score (nSPS) is 18.6. The van der Waals surface area contributed by atoms with Crippen LogP contribution in [0.5, 0.6) is 0 Å². The molecule has 1 aliphatic heterocycles. The van der Waals surface area contributed by atoms with Crippen LogP contribution >= 0.6 is 0 Å². The molecule has 0 aromatic heterocycles. The molecule has 1 atom stereocenters. The van der Waals surface area contributed by atoms with Gasteiger partial charge in [0.15, 0.2) is 0 Å². The highest BCUT2D eigenvalue weighted by Crippen LogP contribution is 2.14. The number of carbonyl (C=O) groups excluding carboxylic acids is 1. The van der Waals surface area contributed by atoms with Crippen LogP contribution in [0.1, 0.15) is 23.2 Å². The average molecular weight is 314 g/mol. The van der Waals surface area contributed by atoms with Crippen LogP contribution in [0.3, 0.4) is 0 Å². The molecule has 1 fully saturated rings. The zero-order valence-corrected chi connectivity index (χ0v) is 12.5. The molecule has 1 aromatic carbocycles. The highest BCUT2D eigenvalue weighted by atomic mass is 32.2. The van der Waals surface area contributed by atoms with E-state index in [-0.39, 0.29) is 23.1 Å². The molecular weight excluding hydrogens is 296 g/mol. The molecule has 0 aliphatic carbocycles. The minimum atomic E-state index is -3.67. The van der Waals surface area contributed by atoms with Crippen LogP contribution in [0.2, 0.25) is 0 Å². The van der Waals surface area contributed by atoms with Crippen molar-refractivity contribution in [2.24, 2.45) is 0 Å². The lowest BCUT2D eigenvalue weighted by molar-refractivity contribution is 0.0537. The van der Waals surface area contributed by atoms with Gasteiger partial charge in [0.2, 0.25) is 10.0 Å². The summed E-state index contributed by atoms with van der Waals surface area (Å²) in [6.45, 7) is 0.899. The van der Waals surface area contributed by atoms with Crippen molar-refractivity contribution < 1.29 is 22.8 Å². The van der Waals surface area contributed by atoms with Crippen molar-refractivity contribution in [3.63, 3.8) is 0 Å². The van der Waals surface area contributed by atoms with Crippen molar-refractivity contribution >= 4 is 15.9 Å². The Labute approximate surface area is 123 Å². The van der Waals surface area contributed by atoms with E-state index in [1.165, 1.54) is 31.4 Å². The zero-order valence-electron chi connectivity index (χ0n) is 11.7. The maximum absolute atomic E-state index is 12.2. The van der Waals surface area contributed by atoms with E-state index in [2.05, 4.69) is 15.0 Å². The first kappa shape index (κ1) is 15.9. The maximum Gasteiger partial charge on any atom is 0.274 e. The fourth-order valence-electron chi connectivity index (χ4n) is 2.05. The first-order valence-corrected chi connectivity index (χ1v) is 8.06. The van der Waals surface area contributed by atoms with E-state index in [0.29, 0.717) is 6.61 Å². The van der Waals surface area contributed by atoms with Gasteiger partial charge < -0.3 is 4.74 Å². The van der Waals surface area contributed by atoms with Gasteiger partial charge in [0.25, 0.3) is 5.91 Å². The summed E-state index contributed by atoms with van der Waals surface area (Å²) < 4.78 is 32.3. The molecule has 2 N–H and O–H groups in total. The summed E-state index contributed by atoms with van der Waals surface area (Å²) in [6.07, 6.45) is 1.71. The number of ether oxygens (including phenoxy) is 1. The Morgan fingerprint density at radius 3 is 2.95 bits per heavy atom. The maximum atomic E-state index is 12.2. The van der Waals surface area contributed by atoms with E-state index in [1.54, 1.807) is 0 Å². The van der Waals surface area contributed by atoms with Crippen LogP contribution in [0.25, 0.3) is 0 Å². The Morgan fingerprint density at radius 2 is 2.29 bits per heavy atom. The van der Waals surface area contributed by atoms with Crippen LogP contribution in [0.15, 0.2) is 29.2 Å². The third kappa shape index (κ3) is 4.24. The van der Waals surface area contributed by atoms with Crippen molar-refractivity contribution in [3.05, 3.63) is 29.8 Å². The van der Waals surface area contributed by atoms with Crippen molar-refractivity contribution in [1.82, 2.24) is 10.2 Å². The lowest BCUT2D eigenvalue weighted by Crippen LogP contribution is -2.32. The predicted octanol–water partition coefficient (Wildman–Crippen LogP) is 0.435. The van der Waals surface area contributed by atoms with Gasteiger partial charge in [0.1, 0.15) is 0 Å². The molecular formula is C13H18N2O5S. The van der Waals surface area contributed by atoms with E-state index in [4.69, 9.17) is 4.74 Å². The molecule has 0 radical (unpaired) electrons. The van der Waals surface area contributed by atoms with E-state index in [9.17, 15) is 13.2 Å². The molecule has 0 spiro atoms. The summed E-state index contributed by atoms with van der Waals surface area (Å²) in [5.41, 5.74) is 2.35. The number of hydroxylamine groups is 1. The summed E-state index contributed by atoms with van der Waals surface area (Å²) >= 11 is 0. The molecule has 8 heteroatoms. The van der Waals surface area contributed by atoms with Crippen LogP contribution in [0.4, 0.5) is 0 Å². The van der Waals surface area contributed by atoms with E-state index in [1.807, 2.05) is 0 Å². The molecule has 2 rings (SSSR count). The number of carbonyl (C=O) groups is 1. The minimum absolute atomic E-state index is 0.0317. The zero-order chi connectivity index (χ0) is 15.3. The quantitative estimate of drug-likeness (QED) is 0.743. The van der Waals surface area contributed by atoms with Crippen LogP contribution in [-0.4, -0.2) is 40.7 Å². The Balaban J connectivity index is 2.08. The van der Waals surface area contributed by atoms with E-state index in [0.717, 1.165) is 12.8 Å². The SMILES string of the molecule is CONC(=O)c1cccc(S(=O)(=O)NCC2CCCO2)c1. The fraction of sp³-hybridized carbons (Fsp3) is 0.462. The monoisotopic (exact) mass is 314 g/mol. The van der Waals surface area contributed by atoms with Crippen molar-refractivity contribution in [3.8, 4) is 0 Å². The van der Waals surface area contributed by atoms with E-state index >= 15 is 0 Å². The van der Waals surface area contributed by atoms with Gasteiger partial charge >= 0.3 is 0 Å². The molecule has 0 bridgehead atoms. The Hall–Kier alpha value is -1.48. The van der Waals surface area contributed by atoms with Gasteiger partial charge in [-0.15, -0.1) is 0 Å². The topological polar surface area (TPSA) is 93.7 Å². The number of rotatable bonds is 6. The highest BCUT2D eigenvalue weighted by molar-refractivity contribution is 7.89. The van der Waals surface area contributed by atoms with E-state index < -0.39 is 15.9 Å². The molecule has 0 saturated carbocycles. The summed E-state index contributed by atoms with van der Waals surface area (Å²) in [5.74, 6) is -0.506. The number of benzene rings is 1. The number of hydrogen-bond donors (Lipinski definition) is 2. The summed E-state index contributed by atoms with van der Waals surface area (Å²) in [5, 5.41) is 0. The molecule has 1 heterocycles. The molecule has 7 nitrogen and oxygen atoms in total. The molecule has 1 aliphatic rings. The standard InChI is InChI=1S/C13H18N2O5S/c1-19-15-13(16)10-4-2-6-12(8-10)21(17,18)14-9-11-5-3-7-20-11/h2,4,6,8,11,14H,3,5,7,9H2,1H3,(H,15,16). The minimum Gasteiger partial charge on any atom is -0.377 e. The third-order valence-corrected chi connectivity index (χ3v) is 4.55. The van der Waals surface area contributed by atoms with Crippen LogP contribution in [0, 0.1) is 0 Å². The number of hydrogen-bond acceptors (Lipinski definition) is 5.